The second-order valence-electron chi connectivity index (χ2n) is 6.99. The van der Waals surface area contributed by atoms with E-state index < -0.39 is 0 Å². The van der Waals surface area contributed by atoms with Crippen molar-refractivity contribution in [2.24, 2.45) is 0 Å². The molecular weight excluding hydrogens is 396 g/mol. The Balaban J connectivity index is 1.62. The Morgan fingerprint density at radius 3 is 2.67 bits per heavy atom. The van der Waals surface area contributed by atoms with Crippen LogP contribution in [0.3, 0.4) is 0 Å². The summed E-state index contributed by atoms with van der Waals surface area (Å²) in [6, 6.07) is 13.7. The monoisotopic (exact) mass is 422 g/mol. The minimum absolute atomic E-state index is 0.0888. The summed E-state index contributed by atoms with van der Waals surface area (Å²) in [5.74, 6) is 1.65. The van der Waals surface area contributed by atoms with Gasteiger partial charge in [-0.2, -0.15) is 0 Å². The minimum Gasteiger partial charge on any atom is -0.485 e. The molecule has 0 aliphatic carbocycles. The molecule has 0 spiro atoms. The van der Waals surface area contributed by atoms with Gasteiger partial charge in [-0.25, -0.2) is 0 Å². The first-order chi connectivity index (χ1) is 14.5. The van der Waals surface area contributed by atoms with E-state index in [1.165, 1.54) is 17.3 Å². The summed E-state index contributed by atoms with van der Waals surface area (Å²) in [4.78, 5) is 12.4. The molecule has 1 heterocycles. The van der Waals surface area contributed by atoms with Gasteiger partial charge in [-0.05, 0) is 55.7 Å². The largest absolute Gasteiger partial charge is 0.485 e. The number of amides is 1. The standard InChI is InChI=1S/C23H26N4O2S/c1-5-12-27-21(14-29-20-9-7-6-8-17(20)3)25-26-23(27)30-15-22(28)24-19-11-10-16(2)18(4)13-19/h5-11,13H,1,12,14-15H2,2-4H3,(H,24,28). The number of allylic oxidation sites excluding steroid dienone is 1. The van der Waals surface area contributed by atoms with Gasteiger partial charge >= 0.3 is 0 Å². The van der Waals surface area contributed by atoms with Gasteiger partial charge in [0.25, 0.3) is 0 Å². The maximum absolute atomic E-state index is 12.4. The summed E-state index contributed by atoms with van der Waals surface area (Å²) in [5, 5.41) is 12.1. The van der Waals surface area contributed by atoms with Gasteiger partial charge in [-0.15, -0.1) is 16.8 Å². The molecule has 7 heteroatoms. The number of rotatable bonds is 9. The Hall–Kier alpha value is -3.06. The SMILES string of the molecule is C=CCn1c(COc2ccccc2C)nnc1SCC(=O)Nc1ccc(C)c(C)c1. The van der Waals surface area contributed by atoms with Gasteiger partial charge in [0.1, 0.15) is 12.4 Å². The summed E-state index contributed by atoms with van der Waals surface area (Å²) >= 11 is 1.34. The molecule has 30 heavy (non-hydrogen) atoms. The number of hydrogen-bond acceptors (Lipinski definition) is 5. The number of anilines is 1. The van der Waals surface area contributed by atoms with Crippen molar-refractivity contribution in [2.45, 2.75) is 39.1 Å². The lowest BCUT2D eigenvalue weighted by Gasteiger charge is -2.11. The smallest absolute Gasteiger partial charge is 0.234 e. The van der Waals surface area contributed by atoms with Gasteiger partial charge in [-0.3, -0.25) is 9.36 Å². The van der Waals surface area contributed by atoms with Crippen molar-refractivity contribution in [3.05, 3.63) is 77.6 Å². The van der Waals surface area contributed by atoms with Crippen LogP contribution < -0.4 is 10.1 Å². The molecule has 1 amide bonds. The molecular formula is C23H26N4O2S. The van der Waals surface area contributed by atoms with Crippen LogP contribution >= 0.6 is 11.8 Å². The van der Waals surface area contributed by atoms with Crippen LogP contribution in [0.1, 0.15) is 22.5 Å². The number of carbonyl (C=O) groups excluding carboxylic acids is 1. The maximum Gasteiger partial charge on any atom is 0.234 e. The predicted molar refractivity (Wildman–Crippen MR) is 121 cm³/mol. The van der Waals surface area contributed by atoms with E-state index in [1.54, 1.807) is 6.08 Å². The van der Waals surface area contributed by atoms with Crippen LogP contribution in [0.15, 0.2) is 60.3 Å². The van der Waals surface area contributed by atoms with Crippen molar-refractivity contribution in [2.75, 3.05) is 11.1 Å². The fraction of sp³-hybridized carbons (Fsp3) is 0.261. The van der Waals surface area contributed by atoms with E-state index in [-0.39, 0.29) is 11.7 Å². The molecule has 0 unspecified atom stereocenters. The summed E-state index contributed by atoms with van der Waals surface area (Å²) in [7, 11) is 0. The molecule has 1 N–H and O–H groups in total. The number of aromatic nitrogens is 3. The summed E-state index contributed by atoms with van der Waals surface area (Å²) in [5.41, 5.74) is 4.19. The second kappa shape index (κ2) is 10.1. The van der Waals surface area contributed by atoms with Crippen molar-refractivity contribution < 1.29 is 9.53 Å². The quantitative estimate of drug-likeness (QED) is 0.400. The number of hydrogen-bond donors (Lipinski definition) is 1. The summed E-state index contributed by atoms with van der Waals surface area (Å²) in [6.45, 7) is 10.7. The highest BCUT2D eigenvalue weighted by Crippen LogP contribution is 2.21. The Morgan fingerprint density at radius 2 is 1.93 bits per heavy atom. The second-order valence-corrected chi connectivity index (χ2v) is 7.93. The van der Waals surface area contributed by atoms with Gasteiger partial charge in [0.15, 0.2) is 11.0 Å². The highest BCUT2D eigenvalue weighted by atomic mass is 32.2. The molecule has 0 aliphatic rings. The van der Waals surface area contributed by atoms with Crippen LogP contribution in [0.2, 0.25) is 0 Å². The number of para-hydroxylation sites is 1. The van der Waals surface area contributed by atoms with Crippen molar-refractivity contribution in [1.82, 2.24) is 14.8 Å². The molecule has 0 radical (unpaired) electrons. The van der Waals surface area contributed by atoms with Crippen molar-refractivity contribution >= 4 is 23.4 Å². The average Bonchev–Trinajstić information content (AvgIpc) is 3.10. The van der Waals surface area contributed by atoms with Crippen LogP contribution in [0.5, 0.6) is 5.75 Å². The van der Waals surface area contributed by atoms with Gasteiger partial charge in [0.2, 0.25) is 5.91 Å². The number of benzene rings is 2. The number of ether oxygens (including phenoxy) is 1. The summed E-state index contributed by atoms with van der Waals surface area (Å²) < 4.78 is 7.82. The van der Waals surface area contributed by atoms with Crippen LogP contribution in [-0.4, -0.2) is 26.4 Å². The number of thioether (sulfide) groups is 1. The normalized spacial score (nSPS) is 10.6. The summed E-state index contributed by atoms with van der Waals surface area (Å²) in [6.07, 6.45) is 1.78. The molecule has 6 nitrogen and oxygen atoms in total. The fourth-order valence-electron chi connectivity index (χ4n) is 2.85. The topological polar surface area (TPSA) is 69.0 Å². The third-order valence-electron chi connectivity index (χ3n) is 4.68. The first kappa shape index (κ1) is 21.6. The molecule has 0 saturated heterocycles. The molecule has 0 fully saturated rings. The van der Waals surface area contributed by atoms with Crippen molar-refractivity contribution in [1.29, 1.82) is 0 Å². The number of nitrogens with zero attached hydrogens (tertiary/aromatic N) is 3. The Kier molecular flexibility index (Phi) is 7.30. The third kappa shape index (κ3) is 5.51. The van der Waals surface area contributed by atoms with Crippen molar-refractivity contribution in [3.63, 3.8) is 0 Å². The average molecular weight is 423 g/mol. The molecule has 0 atom stereocenters. The van der Waals surface area contributed by atoms with E-state index in [2.05, 4.69) is 22.1 Å². The Labute approximate surface area is 181 Å². The number of carbonyl (C=O) groups is 1. The van der Waals surface area contributed by atoms with Gasteiger partial charge in [-0.1, -0.05) is 42.1 Å². The zero-order chi connectivity index (χ0) is 21.5. The van der Waals surface area contributed by atoms with Gasteiger partial charge in [0.05, 0.1) is 5.75 Å². The number of aryl methyl sites for hydroxylation is 3. The minimum atomic E-state index is -0.0888. The van der Waals surface area contributed by atoms with E-state index in [1.807, 2.05) is 67.8 Å². The fourth-order valence-corrected chi connectivity index (χ4v) is 3.62. The van der Waals surface area contributed by atoms with E-state index >= 15 is 0 Å². The first-order valence-corrected chi connectivity index (χ1v) is 10.7. The zero-order valence-corrected chi connectivity index (χ0v) is 18.3. The molecule has 3 rings (SSSR count). The van der Waals surface area contributed by atoms with Crippen LogP contribution in [0, 0.1) is 20.8 Å². The lowest BCUT2D eigenvalue weighted by Crippen LogP contribution is -2.15. The van der Waals surface area contributed by atoms with Crippen LogP contribution in [0.4, 0.5) is 5.69 Å². The van der Waals surface area contributed by atoms with E-state index in [9.17, 15) is 4.79 Å². The maximum atomic E-state index is 12.4. The molecule has 3 aromatic rings. The zero-order valence-electron chi connectivity index (χ0n) is 17.5. The first-order valence-electron chi connectivity index (χ1n) is 9.69. The van der Waals surface area contributed by atoms with E-state index in [4.69, 9.17) is 4.74 Å². The Bertz CT molecular complexity index is 1050. The predicted octanol–water partition coefficient (Wildman–Crippen LogP) is 4.70. The lowest BCUT2D eigenvalue weighted by molar-refractivity contribution is -0.113. The number of nitrogens with one attached hydrogen (secondary N) is 1. The molecule has 0 aliphatic heterocycles. The molecule has 0 saturated carbocycles. The van der Waals surface area contributed by atoms with E-state index in [0.717, 1.165) is 22.6 Å². The van der Waals surface area contributed by atoms with Gasteiger partial charge in [0, 0.05) is 12.2 Å². The molecule has 1 aromatic heterocycles. The molecule has 2 aromatic carbocycles. The highest BCUT2D eigenvalue weighted by molar-refractivity contribution is 7.99. The molecule has 156 valence electrons. The Morgan fingerprint density at radius 1 is 1.13 bits per heavy atom. The van der Waals surface area contributed by atoms with Crippen molar-refractivity contribution in [3.8, 4) is 5.75 Å². The highest BCUT2D eigenvalue weighted by Gasteiger charge is 2.14. The van der Waals surface area contributed by atoms with Gasteiger partial charge < -0.3 is 10.1 Å². The van der Waals surface area contributed by atoms with E-state index in [0.29, 0.717) is 24.1 Å². The molecule has 0 bridgehead atoms. The lowest BCUT2D eigenvalue weighted by atomic mass is 10.1. The van der Waals surface area contributed by atoms with Crippen LogP contribution in [-0.2, 0) is 17.9 Å². The third-order valence-corrected chi connectivity index (χ3v) is 5.65. The van der Waals surface area contributed by atoms with Crippen LogP contribution in [0.25, 0.3) is 0 Å².